The summed E-state index contributed by atoms with van der Waals surface area (Å²) < 4.78 is 1.18. The number of nitrogens with one attached hydrogen (secondary N) is 2. The van der Waals surface area contributed by atoms with E-state index in [1.54, 1.807) is 17.7 Å². The van der Waals surface area contributed by atoms with E-state index >= 15 is 0 Å². The van der Waals surface area contributed by atoms with Crippen LogP contribution in [0.1, 0.15) is 47.6 Å². The van der Waals surface area contributed by atoms with Crippen LogP contribution in [0.5, 0.6) is 0 Å². The van der Waals surface area contributed by atoms with E-state index in [1.165, 1.54) is 15.8 Å². The third kappa shape index (κ3) is 2.53. The van der Waals surface area contributed by atoms with Crippen LogP contribution >= 0.6 is 11.3 Å². The third-order valence-corrected chi connectivity index (χ3v) is 8.06. The summed E-state index contributed by atoms with van der Waals surface area (Å²) in [6, 6.07) is 2.33. The lowest BCUT2D eigenvalue weighted by Gasteiger charge is -2.26. The van der Waals surface area contributed by atoms with Gasteiger partial charge in [0.25, 0.3) is 5.91 Å². The van der Waals surface area contributed by atoms with Crippen molar-refractivity contribution in [3.63, 3.8) is 0 Å². The molecular formula is C22H26N6OS. The van der Waals surface area contributed by atoms with Crippen molar-refractivity contribution in [2.24, 2.45) is 22.7 Å². The molecule has 1 amide bonds. The number of nitrogens with two attached hydrogens (primary N) is 1. The molecule has 156 valence electrons. The van der Waals surface area contributed by atoms with Gasteiger partial charge < -0.3 is 20.9 Å². The van der Waals surface area contributed by atoms with E-state index in [9.17, 15) is 4.79 Å². The summed E-state index contributed by atoms with van der Waals surface area (Å²) >= 11 is 1.61. The molecule has 0 radical (unpaired) electrons. The molecular weight excluding hydrogens is 396 g/mol. The van der Waals surface area contributed by atoms with Gasteiger partial charge in [-0.2, -0.15) is 5.10 Å². The third-order valence-electron chi connectivity index (χ3n) is 6.90. The van der Waals surface area contributed by atoms with E-state index in [-0.39, 0.29) is 12.1 Å². The zero-order valence-electron chi connectivity index (χ0n) is 17.3. The summed E-state index contributed by atoms with van der Waals surface area (Å²) in [7, 11) is 0. The second-order valence-electron chi connectivity index (χ2n) is 9.20. The van der Waals surface area contributed by atoms with Gasteiger partial charge in [0.2, 0.25) is 0 Å². The van der Waals surface area contributed by atoms with Crippen LogP contribution in [-0.4, -0.2) is 52.4 Å². The molecule has 0 spiro atoms. The van der Waals surface area contributed by atoms with Crippen molar-refractivity contribution in [1.29, 1.82) is 0 Å². The number of rotatable bonds is 3. The molecule has 7 nitrogen and oxygen atoms in total. The van der Waals surface area contributed by atoms with Crippen molar-refractivity contribution in [1.82, 2.24) is 20.2 Å². The van der Waals surface area contributed by atoms with Crippen molar-refractivity contribution in [2.45, 2.75) is 38.9 Å². The molecule has 4 atom stereocenters. The molecule has 4 aliphatic rings. The number of thiophene rings is 1. The average Bonchev–Trinajstić information content (AvgIpc) is 3.28. The highest BCUT2D eigenvalue weighted by atomic mass is 32.1. The Morgan fingerprint density at radius 2 is 2.10 bits per heavy atom. The standard InChI is InChI=1S/C22H26N6OS/c1-10(2)17-19(12-4-11(3)21-24-9-25-28(21)6-12)26-15-5-16(30-20(15)17)22(29)27-7-13-14(8-27)18(13)23/h4-6,9-10,13-14,18,21,26H,7-8,23H2,1-3H3,(H,24,25)/t13-,14+,18+,21?. The van der Waals surface area contributed by atoms with Crippen LogP contribution in [0.3, 0.4) is 0 Å². The lowest BCUT2D eigenvalue weighted by atomic mass is 9.97. The molecule has 8 heteroatoms. The van der Waals surface area contributed by atoms with Gasteiger partial charge in [-0.05, 0) is 48.0 Å². The minimum absolute atomic E-state index is 0.108. The highest BCUT2D eigenvalue weighted by Gasteiger charge is 2.54. The lowest BCUT2D eigenvalue weighted by Crippen LogP contribution is -2.35. The smallest absolute Gasteiger partial charge is 0.264 e. The molecule has 2 fully saturated rings. The van der Waals surface area contributed by atoms with Gasteiger partial charge in [0, 0.05) is 30.9 Å². The van der Waals surface area contributed by atoms with E-state index in [1.807, 2.05) is 16.0 Å². The van der Waals surface area contributed by atoms with Gasteiger partial charge in [-0.15, -0.1) is 11.3 Å². The number of allylic oxidation sites excluding steroid dienone is 2. The van der Waals surface area contributed by atoms with Gasteiger partial charge in [-0.25, -0.2) is 5.01 Å². The molecule has 3 aliphatic heterocycles. The second kappa shape index (κ2) is 6.21. The molecule has 0 aromatic carbocycles. The molecule has 2 aromatic rings. The van der Waals surface area contributed by atoms with Crippen LogP contribution in [0.25, 0.3) is 15.8 Å². The van der Waals surface area contributed by atoms with Crippen molar-refractivity contribution in [3.05, 3.63) is 40.0 Å². The van der Waals surface area contributed by atoms with E-state index in [2.05, 4.69) is 48.4 Å². The highest BCUT2D eigenvalue weighted by molar-refractivity contribution is 7.21. The SMILES string of the molecule is CC1=CC(c2[nH]c3cc(C(=O)N4C[C@@H]5[C@@H](N)[C@@H]5C4)sc3c2C(C)C)=CN2N=CNC12. The molecule has 1 saturated carbocycles. The fourth-order valence-corrected chi connectivity index (χ4v) is 6.46. The minimum atomic E-state index is 0.108. The molecule has 1 saturated heterocycles. The minimum Gasteiger partial charge on any atom is -0.354 e. The number of hydrazone groups is 1. The number of carbonyl (C=O) groups is 1. The van der Waals surface area contributed by atoms with Crippen molar-refractivity contribution in [2.75, 3.05) is 13.1 Å². The second-order valence-corrected chi connectivity index (χ2v) is 10.3. The molecule has 30 heavy (non-hydrogen) atoms. The first-order valence-corrected chi connectivity index (χ1v) is 11.4. The highest BCUT2D eigenvalue weighted by Crippen LogP contribution is 2.45. The van der Waals surface area contributed by atoms with Gasteiger partial charge in [0.15, 0.2) is 0 Å². The number of H-pyrrole nitrogens is 1. The van der Waals surface area contributed by atoms with E-state index in [4.69, 9.17) is 5.73 Å². The number of aromatic nitrogens is 1. The number of aromatic amines is 1. The number of piperidine rings is 1. The number of likely N-dealkylation sites (tertiary alicyclic amines) is 1. The van der Waals surface area contributed by atoms with Crippen molar-refractivity contribution >= 4 is 39.4 Å². The number of hydrogen-bond acceptors (Lipinski definition) is 6. The van der Waals surface area contributed by atoms with Crippen LogP contribution in [0.4, 0.5) is 0 Å². The molecule has 5 heterocycles. The van der Waals surface area contributed by atoms with Crippen LogP contribution in [0.2, 0.25) is 0 Å². The Morgan fingerprint density at radius 3 is 2.83 bits per heavy atom. The number of carbonyl (C=O) groups excluding carboxylic acids is 1. The molecule has 2 aromatic heterocycles. The summed E-state index contributed by atoms with van der Waals surface area (Å²) in [5.41, 5.74) is 11.8. The summed E-state index contributed by atoms with van der Waals surface area (Å²) in [6.07, 6.45) is 6.15. The maximum Gasteiger partial charge on any atom is 0.264 e. The Balaban J connectivity index is 1.36. The summed E-state index contributed by atoms with van der Waals surface area (Å²) in [5, 5.41) is 9.62. The Hall–Kier alpha value is -2.58. The lowest BCUT2D eigenvalue weighted by molar-refractivity contribution is 0.0778. The number of nitrogens with zero attached hydrogens (tertiary/aromatic N) is 3. The maximum absolute atomic E-state index is 13.1. The molecule has 0 bridgehead atoms. The largest absolute Gasteiger partial charge is 0.354 e. The van der Waals surface area contributed by atoms with E-state index in [0.717, 1.165) is 34.8 Å². The van der Waals surface area contributed by atoms with Gasteiger partial charge in [0.05, 0.1) is 20.8 Å². The van der Waals surface area contributed by atoms with Gasteiger partial charge in [0.1, 0.15) is 12.5 Å². The van der Waals surface area contributed by atoms with Crippen LogP contribution < -0.4 is 11.1 Å². The monoisotopic (exact) mass is 422 g/mol. The molecule has 1 unspecified atom stereocenters. The first-order valence-electron chi connectivity index (χ1n) is 10.6. The number of amides is 1. The summed E-state index contributed by atoms with van der Waals surface area (Å²) in [5.74, 6) is 1.50. The van der Waals surface area contributed by atoms with Gasteiger partial charge >= 0.3 is 0 Å². The zero-order valence-corrected chi connectivity index (χ0v) is 18.2. The Kier molecular flexibility index (Phi) is 3.77. The van der Waals surface area contributed by atoms with Crippen LogP contribution in [0, 0.1) is 11.8 Å². The van der Waals surface area contributed by atoms with Crippen molar-refractivity contribution < 1.29 is 4.79 Å². The summed E-state index contributed by atoms with van der Waals surface area (Å²) in [4.78, 5) is 19.5. The first kappa shape index (κ1) is 18.2. The zero-order chi connectivity index (χ0) is 20.7. The quantitative estimate of drug-likeness (QED) is 0.710. The Bertz CT molecular complexity index is 1140. The normalized spacial score (nSPS) is 29.2. The fourth-order valence-electron chi connectivity index (χ4n) is 5.18. The first-order chi connectivity index (χ1) is 14.4. The van der Waals surface area contributed by atoms with Crippen LogP contribution in [-0.2, 0) is 0 Å². The van der Waals surface area contributed by atoms with E-state index in [0.29, 0.717) is 23.8 Å². The number of hydrogen-bond donors (Lipinski definition) is 3. The predicted octanol–water partition coefficient (Wildman–Crippen LogP) is 2.86. The van der Waals surface area contributed by atoms with Gasteiger partial charge in [-0.1, -0.05) is 13.8 Å². The van der Waals surface area contributed by atoms with Crippen molar-refractivity contribution in [3.8, 4) is 0 Å². The molecule has 1 aliphatic carbocycles. The summed E-state index contributed by atoms with van der Waals surface area (Å²) in [6.45, 7) is 8.15. The predicted molar refractivity (Wildman–Crippen MR) is 120 cm³/mol. The van der Waals surface area contributed by atoms with Crippen LogP contribution in [0.15, 0.2) is 29.0 Å². The number of fused-ring (bicyclic) bond motifs is 3. The Labute approximate surface area is 179 Å². The molecule has 4 N–H and O–H groups in total. The topological polar surface area (TPSA) is 89.8 Å². The molecule has 6 rings (SSSR count). The van der Waals surface area contributed by atoms with E-state index < -0.39 is 0 Å². The van der Waals surface area contributed by atoms with Gasteiger partial charge in [-0.3, -0.25) is 4.79 Å². The Morgan fingerprint density at radius 1 is 1.33 bits per heavy atom. The maximum atomic E-state index is 13.1. The average molecular weight is 423 g/mol. The fraction of sp³-hybridized carbons (Fsp3) is 0.455.